The molecule has 3 heterocycles. The van der Waals surface area contributed by atoms with E-state index in [2.05, 4.69) is 9.97 Å². The van der Waals surface area contributed by atoms with E-state index in [0.717, 1.165) is 27.8 Å². The van der Waals surface area contributed by atoms with Crippen LogP contribution in [0, 0.1) is 0 Å². The van der Waals surface area contributed by atoms with Gasteiger partial charge in [0.2, 0.25) is 5.43 Å². The summed E-state index contributed by atoms with van der Waals surface area (Å²) in [5.41, 5.74) is 4.31. The molecule has 4 aromatic rings. The SMILES string of the molecule is CC(O)c1cc(=O)c(O)cn1-c1cccc(-c2cnc3cc[nH]c3c2)c1. The lowest BCUT2D eigenvalue weighted by atomic mass is 10.1. The predicted octanol–water partition coefficient (Wildman–Crippen LogP) is 3.14. The van der Waals surface area contributed by atoms with Gasteiger partial charge in [-0.2, -0.15) is 0 Å². The summed E-state index contributed by atoms with van der Waals surface area (Å²) >= 11 is 0. The van der Waals surface area contributed by atoms with Gasteiger partial charge in [0.15, 0.2) is 5.75 Å². The van der Waals surface area contributed by atoms with E-state index in [1.807, 2.05) is 42.6 Å². The molecule has 0 aliphatic rings. The van der Waals surface area contributed by atoms with E-state index in [9.17, 15) is 15.0 Å². The molecule has 0 aliphatic heterocycles. The molecule has 0 radical (unpaired) electrons. The molecule has 4 rings (SSSR count). The Hall–Kier alpha value is -3.38. The van der Waals surface area contributed by atoms with Gasteiger partial charge in [0, 0.05) is 29.7 Å². The zero-order valence-electron chi connectivity index (χ0n) is 14.0. The van der Waals surface area contributed by atoms with Crippen LogP contribution in [0.3, 0.4) is 0 Å². The minimum absolute atomic E-state index is 0.366. The molecule has 3 N–H and O–H groups in total. The van der Waals surface area contributed by atoms with Crippen molar-refractivity contribution in [3.05, 3.63) is 77.0 Å². The van der Waals surface area contributed by atoms with Crippen molar-refractivity contribution in [2.75, 3.05) is 0 Å². The number of rotatable bonds is 3. The van der Waals surface area contributed by atoms with Gasteiger partial charge in [-0.3, -0.25) is 9.78 Å². The minimum Gasteiger partial charge on any atom is -0.503 e. The molecule has 6 nitrogen and oxygen atoms in total. The fraction of sp³-hybridized carbons (Fsp3) is 0.100. The molecule has 3 aromatic heterocycles. The molecule has 26 heavy (non-hydrogen) atoms. The molecule has 0 saturated carbocycles. The Balaban J connectivity index is 1.86. The van der Waals surface area contributed by atoms with Crippen LogP contribution < -0.4 is 5.43 Å². The first-order chi connectivity index (χ1) is 12.5. The van der Waals surface area contributed by atoms with Gasteiger partial charge in [-0.05, 0) is 36.8 Å². The summed E-state index contributed by atoms with van der Waals surface area (Å²) in [4.78, 5) is 19.3. The summed E-state index contributed by atoms with van der Waals surface area (Å²) in [6.45, 7) is 1.58. The first-order valence-corrected chi connectivity index (χ1v) is 8.20. The van der Waals surface area contributed by atoms with Gasteiger partial charge in [0.25, 0.3) is 0 Å². The molecule has 0 fully saturated rings. The molecule has 1 atom stereocenters. The largest absolute Gasteiger partial charge is 0.503 e. The summed E-state index contributed by atoms with van der Waals surface area (Å²) in [5, 5.41) is 19.8. The van der Waals surface area contributed by atoms with E-state index < -0.39 is 11.5 Å². The molecule has 1 aromatic carbocycles. The van der Waals surface area contributed by atoms with Crippen LogP contribution in [0.2, 0.25) is 0 Å². The van der Waals surface area contributed by atoms with Crippen LogP contribution in [-0.4, -0.2) is 24.7 Å². The highest BCUT2D eigenvalue weighted by Gasteiger charge is 2.12. The fourth-order valence-corrected chi connectivity index (χ4v) is 3.01. The molecular weight excluding hydrogens is 330 g/mol. The highest BCUT2D eigenvalue weighted by atomic mass is 16.3. The second kappa shape index (κ2) is 6.16. The normalized spacial score (nSPS) is 12.4. The van der Waals surface area contributed by atoms with Crippen molar-refractivity contribution in [2.45, 2.75) is 13.0 Å². The van der Waals surface area contributed by atoms with E-state index in [4.69, 9.17) is 0 Å². The maximum Gasteiger partial charge on any atom is 0.223 e. The second-order valence-electron chi connectivity index (χ2n) is 6.18. The predicted molar refractivity (Wildman–Crippen MR) is 99.4 cm³/mol. The van der Waals surface area contributed by atoms with Gasteiger partial charge in [0.1, 0.15) is 0 Å². The van der Waals surface area contributed by atoms with Crippen LogP contribution in [0.5, 0.6) is 5.75 Å². The number of pyridine rings is 2. The van der Waals surface area contributed by atoms with E-state index >= 15 is 0 Å². The Labute approximate surface area is 149 Å². The molecule has 0 bridgehead atoms. The molecule has 0 spiro atoms. The van der Waals surface area contributed by atoms with E-state index in [0.29, 0.717) is 5.69 Å². The maximum absolute atomic E-state index is 11.7. The number of aliphatic hydroxyl groups is 1. The van der Waals surface area contributed by atoms with Gasteiger partial charge in [-0.25, -0.2) is 0 Å². The first kappa shape index (κ1) is 16.1. The second-order valence-corrected chi connectivity index (χ2v) is 6.18. The van der Waals surface area contributed by atoms with Gasteiger partial charge in [-0.15, -0.1) is 0 Å². The van der Waals surface area contributed by atoms with Crippen molar-refractivity contribution in [2.24, 2.45) is 0 Å². The molecule has 0 amide bonds. The monoisotopic (exact) mass is 347 g/mol. The van der Waals surface area contributed by atoms with E-state index in [-0.39, 0.29) is 5.75 Å². The molecule has 0 aliphatic carbocycles. The Morgan fingerprint density at radius 2 is 2.00 bits per heavy atom. The van der Waals surface area contributed by atoms with Crippen molar-refractivity contribution in [3.8, 4) is 22.6 Å². The molecule has 130 valence electrons. The number of hydrogen-bond donors (Lipinski definition) is 3. The summed E-state index contributed by atoms with van der Waals surface area (Å²) in [7, 11) is 0. The Morgan fingerprint density at radius 1 is 1.15 bits per heavy atom. The van der Waals surface area contributed by atoms with Gasteiger partial charge < -0.3 is 19.8 Å². The zero-order chi connectivity index (χ0) is 18.3. The van der Waals surface area contributed by atoms with Gasteiger partial charge >= 0.3 is 0 Å². The minimum atomic E-state index is -0.858. The first-order valence-electron chi connectivity index (χ1n) is 8.20. The Kier molecular flexibility index (Phi) is 3.82. The standard InChI is InChI=1S/C20H17N3O3/c1-12(24)18-9-19(25)20(26)11-23(18)15-4-2-3-13(7-15)14-8-17-16(22-10-14)5-6-21-17/h2-12,21,24,26H,1H3. The topological polar surface area (TPSA) is 91.1 Å². The summed E-state index contributed by atoms with van der Waals surface area (Å²) in [6.07, 6.45) is 4.11. The van der Waals surface area contributed by atoms with Crippen LogP contribution >= 0.6 is 0 Å². The lowest BCUT2D eigenvalue weighted by molar-refractivity contribution is 0.191. The van der Waals surface area contributed by atoms with Gasteiger partial charge in [0.05, 0.1) is 29.0 Å². The number of aromatic hydroxyl groups is 1. The number of H-pyrrole nitrogens is 1. The zero-order valence-corrected chi connectivity index (χ0v) is 14.0. The summed E-state index contributed by atoms with van der Waals surface area (Å²) in [5.74, 6) is -0.366. The van der Waals surface area contributed by atoms with Crippen LogP contribution in [0.15, 0.2) is 65.8 Å². The number of aliphatic hydroxyl groups excluding tert-OH is 1. The average molecular weight is 347 g/mol. The number of benzene rings is 1. The third-order valence-corrected chi connectivity index (χ3v) is 4.35. The maximum atomic E-state index is 11.7. The lowest BCUT2D eigenvalue weighted by Gasteiger charge is -2.16. The average Bonchev–Trinajstić information content (AvgIpc) is 3.11. The van der Waals surface area contributed by atoms with Crippen LogP contribution in [0.25, 0.3) is 27.8 Å². The Morgan fingerprint density at radius 3 is 2.81 bits per heavy atom. The quantitative estimate of drug-likeness (QED) is 0.531. The number of nitrogens with one attached hydrogen (secondary N) is 1. The molecular formula is C20H17N3O3. The molecule has 0 saturated heterocycles. The summed E-state index contributed by atoms with van der Waals surface area (Å²) in [6, 6.07) is 12.8. The van der Waals surface area contributed by atoms with Crippen LogP contribution in [-0.2, 0) is 0 Å². The molecule has 6 heteroatoms. The smallest absolute Gasteiger partial charge is 0.223 e. The number of fused-ring (bicyclic) bond motifs is 1. The molecule has 1 unspecified atom stereocenters. The lowest BCUT2D eigenvalue weighted by Crippen LogP contribution is -2.13. The van der Waals surface area contributed by atoms with E-state index in [1.54, 1.807) is 17.7 Å². The van der Waals surface area contributed by atoms with Gasteiger partial charge in [-0.1, -0.05) is 12.1 Å². The Bertz CT molecular complexity index is 1160. The number of hydrogen-bond acceptors (Lipinski definition) is 4. The van der Waals surface area contributed by atoms with Crippen LogP contribution in [0.4, 0.5) is 0 Å². The highest BCUT2D eigenvalue weighted by molar-refractivity contribution is 5.81. The van der Waals surface area contributed by atoms with Crippen molar-refractivity contribution in [3.63, 3.8) is 0 Å². The summed E-state index contributed by atoms with van der Waals surface area (Å²) < 4.78 is 1.62. The van der Waals surface area contributed by atoms with Crippen molar-refractivity contribution < 1.29 is 10.2 Å². The third kappa shape index (κ3) is 2.76. The third-order valence-electron chi connectivity index (χ3n) is 4.35. The van der Waals surface area contributed by atoms with Crippen molar-refractivity contribution in [1.82, 2.24) is 14.5 Å². The fourth-order valence-electron chi connectivity index (χ4n) is 3.01. The number of nitrogens with zero attached hydrogens (tertiary/aromatic N) is 2. The number of aromatic amines is 1. The highest BCUT2D eigenvalue weighted by Crippen LogP contribution is 2.26. The number of aromatic nitrogens is 3. The van der Waals surface area contributed by atoms with E-state index in [1.165, 1.54) is 12.3 Å². The van der Waals surface area contributed by atoms with Crippen molar-refractivity contribution >= 4 is 11.0 Å². The van der Waals surface area contributed by atoms with Crippen LogP contribution in [0.1, 0.15) is 18.7 Å². The van der Waals surface area contributed by atoms with Crippen molar-refractivity contribution in [1.29, 1.82) is 0 Å².